The largest absolute Gasteiger partial charge is 0.352 e. The van der Waals surface area contributed by atoms with Gasteiger partial charge in [0.05, 0.1) is 5.56 Å². The van der Waals surface area contributed by atoms with Crippen LogP contribution in [0, 0.1) is 12.7 Å². The zero-order chi connectivity index (χ0) is 13.8. The van der Waals surface area contributed by atoms with Crippen molar-refractivity contribution in [2.45, 2.75) is 32.6 Å². The van der Waals surface area contributed by atoms with Crippen LogP contribution in [0.2, 0.25) is 0 Å². The quantitative estimate of drug-likeness (QED) is 0.901. The maximum absolute atomic E-state index is 14.2. The van der Waals surface area contributed by atoms with Crippen LogP contribution in [0.5, 0.6) is 0 Å². The Hall–Kier alpha value is -1.13. The average molecular weight is 301 g/mol. The number of hydrogen-bond donors (Lipinski definition) is 2. The monoisotopic (exact) mass is 300 g/mol. The molecule has 0 unspecified atom stereocenters. The SMILES string of the molecule is CCNC(=O)c1c(C)cc(C2CCNCC2)cc1F.Cl. The second kappa shape index (κ2) is 7.60. The number of halogens is 2. The maximum Gasteiger partial charge on any atom is 0.254 e. The van der Waals surface area contributed by atoms with E-state index in [4.69, 9.17) is 0 Å². The van der Waals surface area contributed by atoms with Crippen molar-refractivity contribution in [3.63, 3.8) is 0 Å². The Morgan fingerprint density at radius 3 is 2.60 bits per heavy atom. The summed E-state index contributed by atoms with van der Waals surface area (Å²) in [5.41, 5.74) is 1.92. The number of nitrogens with one attached hydrogen (secondary N) is 2. The van der Waals surface area contributed by atoms with E-state index < -0.39 is 5.82 Å². The second-order valence-electron chi connectivity index (χ2n) is 5.08. The Balaban J connectivity index is 0.00000200. The minimum atomic E-state index is -0.403. The van der Waals surface area contributed by atoms with E-state index in [1.807, 2.05) is 13.0 Å². The molecule has 1 heterocycles. The lowest BCUT2D eigenvalue weighted by Crippen LogP contribution is -2.27. The van der Waals surface area contributed by atoms with E-state index in [2.05, 4.69) is 10.6 Å². The van der Waals surface area contributed by atoms with E-state index in [9.17, 15) is 9.18 Å². The van der Waals surface area contributed by atoms with Crippen LogP contribution in [0.1, 0.15) is 47.2 Å². The summed E-state index contributed by atoms with van der Waals surface area (Å²) in [7, 11) is 0. The van der Waals surface area contributed by atoms with Gasteiger partial charge in [0, 0.05) is 6.54 Å². The molecule has 2 N–H and O–H groups in total. The number of carbonyl (C=O) groups excluding carboxylic acids is 1. The van der Waals surface area contributed by atoms with E-state index in [1.165, 1.54) is 6.07 Å². The first-order valence-corrected chi connectivity index (χ1v) is 6.92. The first kappa shape index (κ1) is 16.9. The molecule has 5 heteroatoms. The number of aryl methyl sites for hydroxylation is 1. The van der Waals surface area contributed by atoms with E-state index in [0.29, 0.717) is 12.5 Å². The molecule has 0 atom stereocenters. The van der Waals surface area contributed by atoms with Crippen molar-refractivity contribution in [1.29, 1.82) is 0 Å². The number of carbonyl (C=O) groups is 1. The van der Waals surface area contributed by atoms with Gasteiger partial charge in [0.2, 0.25) is 0 Å². The van der Waals surface area contributed by atoms with Gasteiger partial charge in [0.1, 0.15) is 5.82 Å². The molecule has 1 aromatic carbocycles. The highest BCUT2D eigenvalue weighted by atomic mass is 35.5. The summed E-state index contributed by atoms with van der Waals surface area (Å²) in [5, 5.41) is 5.96. The summed E-state index contributed by atoms with van der Waals surface area (Å²) in [4.78, 5) is 11.8. The summed E-state index contributed by atoms with van der Waals surface area (Å²) in [5.74, 6) is -0.327. The first-order chi connectivity index (χ1) is 9.13. The molecule has 1 aromatic rings. The molecule has 3 nitrogen and oxygen atoms in total. The Labute approximate surface area is 125 Å². The van der Waals surface area contributed by atoms with Crippen molar-refractivity contribution in [2.24, 2.45) is 0 Å². The van der Waals surface area contributed by atoms with E-state index in [-0.39, 0.29) is 23.9 Å². The molecule has 20 heavy (non-hydrogen) atoms. The normalized spacial score (nSPS) is 15.6. The van der Waals surface area contributed by atoms with Crippen molar-refractivity contribution in [1.82, 2.24) is 10.6 Å². The summed E-state index contributed by atoms with van der Waals surface area (Å²) < 4.78 is 14.2. The number of amides is 1. The third kappa shape index (κ3) is 3.70. The molecule has 1 saturated heterocycles. The predicted octanol–water partition coefficient (Wildman–Crippen LogP) is 2.77. The fraction of sp³-hybridized carbons (Fsp3) is 0.533. The molecule has 0 radical (unpaired) electrons. The van der Waals surface area contributed by atoms with Gasteiger partial charge in [-0.25, -0.2) is 4.39 Å². The first-order valence-electron chi connectivity index (χ1n) is 6.92. The summed E-state index contributed by atoms with van der Waals surface area (Å²) >= 11 is 0. The standard InChI is InChI=1S/C15H21FN2O.ClH/c1-3-18-15(19)14-10(2)8-12(9-13(14)16)11-4-6-17-7-5-11;/h8-9,11,17H,3-7H2,1-2H3,(H,18,19);1H. The van der Waals surface area contributed by atoms with E-state index in [1.54, 1.807) is 6.92 Å². The topological polar surface area (TPSA) is 41.1 Å². The number of hydrogen-bond acceptors (Lipinski definition) is 2. The average Bonchev–Trinajstić information content (AvgIpc) is 2.39. The Morgan fingerprint density at radius 1 is 1.40 bits per heavy atom. The maximum atomic E-state index is 14.2. The van der Waals surface area contributed by atoms with Crippen molar-refractivity contribution >= 4 is 18.3 Å². The number of piperidine rings is 1. The van der Waals surface area contributed by atoms with Crippen molar-refractivity contribution < 1.29 is 9.18 Å². The van der Waals surface area contributed by atoms with Gasteiger partial charge in [-0.05, 0) is 62.9 Å². The van der Waals surface area contributed by atoms with Gasteiger partial charge in [-0.1, -0.05) is 6.07 Å². The van der Waals surface area contributed by atoms with Gasteiger partial charge in [0.15, 0.2) is 0 Å². The van der Waals surface area contributed by atoms with Gasteiger partial charge in [-0.15, -0.1) is 12.4 Å². The van der Waals surface area contributed by atoms with Crippen LogP contribution < -0.4 is 10.6 Å². The summed E-state index contributed by atoms with van der Waals surface area (Å²) in [6.07, 6.45) is 2.05. The second-order valence-corrected chi connectivity index (χ2v) is 5.08. The third-order valence-electron chi connectivity index (χ3n) is 3.68. The molecule has 0 bridgehead atoms. The van der Waals surface area contributed by atoms with Gasteiger partial charge < -0.3 is 10.6 Å². The highest BCUT2D eigenvalue weighted by Gasteiger charge is 2.20. The fourth-order valence-electron chi connectivity index (χ4n) is 2.70. The van der Waals surface area contributed by atoms with Crippen molar-refractivity contribution in [3.8, 4) is 0 Å². The predicted molar refractivity (Wildman–Crippen MR) is 81.2 cm³/mol. The summed E-state index contributed by atoms with van der Waals surface area (Å²) in [6.45, 7) is 6.09. The molecule has 2 rings (SSSR count). The van der Waals surface area contributed by atoms with Gasteiger partial charge in [0.25, 0.3) is 5.91 Å². The van der Waals surface area contributed by atoms with Crippen LogP contribution in [0.4, 0.5) is 4.39 Å². The van der Waals surface area contributed by atoms with Crippen LogP contribution >= 0.6 is 12.4 Å². The third-order valence-corrected chi connectivity index (χ3v) is 3.68. The number of rotatable bonds is 3. The Morgan fingerprint density at radius 2 is 2.05 bits per heavy atom. The lowest BCUT2D eigenvalue weighted by Gasteiger charge is -2.24. The molecule has 1 aliphatic rings. The summed E-state index contributed by atoms with van der Waals surface area (Å²) in [6, 6.07) is 3.50. The minimum absolute atomic E-state index is 0. The van der Waals surface area contributed by atoms with E-state index >= 15 is 0 Å². The molecular weight excluding hydrogens is 279 g/mol. The van der Waals surface area contributed by atoms with Crippen molar-refractivity contribution in [3.05, 3.63) is 34.6 Å². The van der Waals surface area contributed by atoms with E-state index in [0.717, 1.165) is 37.1 Å². The molecular formula is C15H22ClFN2O. The molecule has 1 amide bonds. The molecule has 0 aliphatic carbocycles. The molecule has 0 spiro atoms. The van der Waals surface area contributed by atoms with Gasteiger partial charge in [-0.3, -0.25) is 4.79 Å². The zero-order valence-corrected chi connectivity index (χ0v) is 12.8. The number of benzene rings is 1. The Bertz CT molecular complexity index is 450. The molecule has 112 valence electrons. The van der Waals surface area contributed by atoms with Crippen LogP contribution in [-0.2, 0) is 0 Å². The molecule has 1 fully saturated rings. The lowest BCUT2D eigenvalue weighted by atomic mass is 9.88. The van der Waals surface area contributed by atoms with Gasteiger partial charge >= 0.3 is 0 Å². The van der Waals surface area contributed by atoms with Crippen LogP contribution in [0.3, 0.4) is 0 Å². The molecule has 1 aliphatic heterocycles. The Kier molecular flexibility index (Phi) is 6.43. The van der Waals surface area contributed by atoms with Crippen LogP contribution in [0.15, 0.2) is 12.1 Å². The van der Waals surface area contributed by atoms with Crippen LogP contribution in [-0.4, -0.2) is 25.5 Å². The fourth-order valence-corrected chi connectivity index (χ4v) is 2.70. The van der Waals surface area contributed by atoms with Crippen molar-refractivity contribution in [2.75, 3.05) is 19.6 Å². The lowest BCUT2D eigenvalue weighted by molar-refractivity contribution is 0.0951. The highest BCUT2D eigenvalue weighted by Crippen LogP contribution is 2.28. The zero-order valence-electron chi connectivity index (χ0n) is 12.0. The minimum Gasteiger partial charge on any atom is -0.352 e. The van der Waals surface area contributed by atoms with Gasteiger partial charge in [-0.2, -0.15) is 0 Å². The van der Waals surface area contributed by atoms with Crippen LogP contribution in [0.25, 0.3) is 0 Å². The smallest absolute Gasteiger partial charge is 0.254 e. The molecule has 0 saturated carbocycles. The molecule has 0 aromatic heterocycles. The highest BCUT2D eigenvalue weighted by molar-refractivity contribution is 5.95.